The standard InChI is InChI=1S/C9H6BrFO/c10-8-4-1-5-9(11)7(8)3-2-6-12/h1,4-5,12H,6H2. The number of aliphatic hydroxyl groups excluding tert-OH is 1. The minimum Gasteiger partial charge on any atom is -0.384 e. The lowest BCUT2D eigenvalue weighted by Gasteiger charge is -1.95. The number of halogens is 2. The Morgan fingerprint density at radius 2 is 2.25 bits per heavy atom. The lowest BCUT2D eigenvalue weighted by atomic mass is 10.2. The van der Waals surface area contributed by atoms with E-state index < -0.39 is 0 Å². The zero-order valence-electron chi connectivity index (χ0n) is 6.14. The summed E-state index contributed by atoms with van der Waals surface area (Å²) >= 11 is 3.15. The summed E-state index contributed by atoms with van der Waals surface area (Å²) in [6, 6.07) is 4.61. The predicted molar refractivity (Wildman–Crippen MR) is 48.1 cm³/mol. The molecule has 1 aromatic carbocycles. The second kappa shape index (κ2) is 4.24. The van der Waals surface area contributed by atoms with Crippen LogP contribution in [0.4, 0.5) is 4.39 Å². The summed E-state index contributed by atoms with van der Waals surface area (Å²) in [6.07, 6.45) is 0. The van der Waals surface area contributed by atoms with Crippen molar-refractivity contribution in [3.63, 3.8) is 0 Å². The SMILES string of the molecule is OCC#Cc1c(F)cccc1Br. The lowest BCUT2D eigenvalue weighted by molar-refractivity contribution is 0.350. The van der Waals surface area contributed by atoms with Crippen molar-refractivity contribution >= 4 is 15.9 Å². The summed E-state index contributed by atoms with van der Waals surface area (Å²) in [6.45, 7) is -0.263. The molecule has 62 valence electrons. The van der Waals surface area contributed by atoms with E-state index in [0.29, 0.717) is 4.47 Å². The summed E-state index contributed by atoms with van der Waals surface area (Å²) in [5.74, 6) is 4.51. The van der Waals surface area contributed by atoms with Crippen molar-refractivity contribution in [3.8, 4) is 11.8 Å². The zero-order chi connectivity index (χ0) is 8.97. The summed E-state index contributed by atoms with van der Waals surface area (Å²) < 4.78 is 13.6. The lowest BCUT2D eigenvalue weighted by Crippen LogP contribution is -1.85. The first kappa shape index (κ1) is 9.24. The van der Waals surface area contributed by atoms with Crippen LogP contribution in [0.1, 0.15) is 5.56 Å². The van der Waals surface area contributed by atoms with Crippen LogP contribution in [0.25, 0.3) is 0 Å². The van der Waals surface area contributed by atoms with E-state index in [1.807, 2.05) is 0 Å². The summed E-state index contributed by atoms with van der Waals surface area (Å²) in [7, 11) is 0. The zero-order valence-corrected chi connectivity index (χ0v) is 7.73. The average Bonchev–Trinajstić information content (AvgIpc) is 2.04. The summed E-state index contributed by atoms with van der Waals surface area (Å²) in [5, 5.41) is 8.40. The van der Waals surface area contributed by atoms with E-state index in [2.05, 4.69) is 27.8 Å². The molecule has 1 aromatic rings. The molecule has 0 unspecified atom stereocenters. The molecule has 0 aromatic heterocycles. The van der Waals surface area contributed by atoms with E-state index in [0.717, 1.165) is 0 Å². The van der Waals surface area contributed by atoms with Crippen molar-refractivity contribution in [1.29, 1.82) is 0 Å². The Bertz CT molecular complexity index is 318. The van der Waals surface area contributed by atoms with Gasteiger partial charge in [0.2, 0.25) is 0 Å². The van der Waals surface area contributed by atoms with Crippen LogP contribution in [0.3, 0.4) is 0 Å². The molecular formula is C9H6BrFO. The molecule has 0 atom stereocenters. The van der Waals surface area contributed by atoms with Crippen molar-refractivity contribution in [2.45, 2.75) is 0 Å². The maximum Gasteiger partial charge on any atom is 0.139 e. The van der Waals surface area contributed by atoms with Crippen molar-refractivity contribution in [3.05, 3.63) is 34.1 Å². The molecule has 3 heteroatoms. The van der Waals surface area contributed by atoms with Crippen molar-refractivity contribution in [1.82, 2.24) is 0 Å². The van der Waals surface area contributed by atoms with Gasteiger partial charge in [-0.05, 0) is 28.1 Å². The van der Waals surface area contributed by atoms with E-state index in [1.165, 1.54) is 6.07 Å². The third kappa shape index (κ3) is 2.07. The molecule has 0 aliphatic rings. The molecule has 0 amide bonds. The Hall–Kier alpha value is -0.850. The molecule has 1 rings (SSSR count). The van der Waals surface area contributed by atoms with Crippen molar-refractivity contribution < 1.29 is 9.50 Å². The molecule has 0 aliphatic carbocycles. The van der Waals surface area contributed by atoms with E-state index >= 15 is 0 Å². The van der Waals surface area contributed by atoms with E-state index in [-0.39, 0.29) is 18.0 Å². The molecule has 1 nitrogen and oxygen atoms in total. The highest BCUT2D eigenvalue weighted by molar-refractivity contribution is 9.10. The predicted octanol–water partition coefficient (Wildman–Crippen LogP) is 1.93. The second-order valence-corrected chi connectivity index (χ2v) is 2.91. The smallest absolute Gasteiger partial charge is 0.139 e. The Kier molecular flexibility index (Phi) is 3.27. The summed E-state index contributed by atoms with van der Waals surface area (Å²) in [5.41, 5.74) is 0.284. The third-order valence-corrected chi connectivity index (χ3v) is 1.92. The van der Waals surface area contributed by atoms with Crippen molar-refractivity contribution in [2.24, 2.45) is 0 Å². The average molecular weight is 229 g/mol. The Morgan fingerprint density at radius 1 is 1.50 bits per heavy atom. The molecule has 1 N–H and O–H groups in total. The van der Waals surface area contributed by atoms with Gasteiger partial charge in [-0.25, -0.2) is 4.39 Å². The molecule has 12 heavy (non-hydrogen) atoms. The molecule has 0 radical (unpaired) electrons. The van der Waals surface area contributed by atoms with Crippen LogP contribution in [-0.2, 0) is 0 Å². The fraction of sp³-hybridized carbons (Fsp3) is 0.111. The minimum absolute atomic E-state index is 0.263. The topological polar surface area (TPSA) is 20.2 Å². The number of benzene rings is 1. The first-order valence-electron chi connectivity index (χ1n) is 3.29. The highest BCUT2D eigenvalue weighted by Gasteiger charge is 2.01. The van der Waals surface area contributed by atoms with E-state index in [1.54, 1.807) is 12.1 Å². The normalized spacial score (nSPS) is 8.92. The molecule has 0 bridgehead atoms. The quantitative estimate of drug-likeness (QED) is 0.674. The van der Waals surface area contributed by atoms with Gasteiger partial charge in [0.1, 0.15) is 12.4 Å². The number of aliphatic hydroxyl groups is 1. The van der Waals surface area contributed by atoms with Crippen LogP contribution >= 0.6 is 15.9 Å². The van der Waals surface area contributed by atoms with Gasteiger partial charge in [0, 0.05) is 4.47 Å². The van der Waals surface area contributed by atoms with Gasteiger partial charge in [0.05, 0.1) is 5.56 Å². The molecule has 0 heterocycles. The maximum atomic E-state index is 13.0. The number of hydrogen-bond donors (Lipinski definition) is 1. The molecular weight excluding hydrogens is 223 g/mol. The van der Waals surface area contributed by atoms with Gasteiger partial charge < -0.3 is 5.11 Å². The van der Waals surface area contributed by atoms with Gasteiger partial charge in [0.25, 0.3) is 0 Å². The van der Waals surface area contributed by atoms with Gasteiger partial charge in [-0.3, -0.25) is 0 Å². The van der Waals surface area contributed by atoms with Gasteiger partial charge in [-0.15, -0.1) is 0 Å². The van der Waals surface area contributed by atoms with Gasteiger partial charge in [-0.1, -0.05) is 17.9 Å². The minimum atomic E-state index is -0.384. The third-order valence-electron chi connectivity index (χ3n) is 1.26. The molecule has 0 saturated carbocycles. The Labute approximate surface area is 78.4 Å². The van der Waals surface area contributed by atoms with Crippen LogP contribution in [0.2, 0.25) is 0 Å². The second-order valence-electron chi connectivity index (χ2n) is 2.06. The van der Waals surface area contributed by atoms with Crippen LogP contribution in [0, 0.1) is 17.7 Å². The molecule has 0 saturated heterocycles. The van der Waals surface area contributed by atoms with Gasteiger partial charge in [-0.2, -0.15) is 0 Å². The number of rotatable bonds is 0. The number of hydrogen-bond acceptors (Lipinski definition) is 1. The van der Waals surface area contributed by atoms with E-state index in [9.17, 15) is 4.39 Å². The molecule has 0 spiro atoms. The monoisotopic (exact) mass is 228 g/mol. The van der Waals surface area contributed by atoms with E-state index in [4.69, 9.17) is 5.11 Å². The van der Waals surface area contributed by atoms with Crippen LogP contribution in [0.5, 0.6) is 0 Å². The van der Waals surface area contributed by atoms with Crippen LogP contribution in [0.15, 0.2) is 22.7 Å². The molecule has 0 fully saturated rings. The van der Waals surface area contributed by atoms with Gasteiger partial charge in [0.15, 0.2) is 0 Å². The fourth-order valence-electron chi connectivity index (χ4n) is 0.745. The first-order valence-corrected chi connectivity index (χ1v) is 4.08. The Morgan fingerprint density at radius 3 is 2.83 bits per heavy atom. The first-order chi connectivity index (χ1) is 5.75. The maximum absolute atomic E-state index is 13.0. The van der Waals surface area contributed by atoms with Gasteiger partial charge >= 0.3 is 0 Å². The largest absolute Gasteiger partial charge is 0.384 e. The molecule has 0 aliphatic heterocycles. The Balaban J connectivity index is 3.13. The van der Waals surface area contributed by atoms with Crippen LogP contribution in [-0.4, -0.2) is 11.7 Å². The highest BCUT2D eigenvalue weighted by atomic mass is 79.9. The summed E-state index contributed by atoms with van der Waals surface area (Å²) in [4.78, 5) is 0. The highest BCUT2D eigenvalue weighted by Crippen LogP contribution is 2.17. The van der Waals surface area contributed by atoms with Crippen molar-refractivity contribution in [2.75, 3.05) is 6.61 Å². The van der Waals surface area contributed by atoms with Crippen LogP contribution < -0.4 is 0 Å². The fourth-order valence-corrected chi connectivity index (χ4v) is 1.19.